The summed E-state index contributed by atoms with van der Waals surface area (Å²) in [6.07, 6.45) is 6.94. The number of likely N-dealkylation sites (tertiary alicyclic amines) is 1. The fourth-order valence-electron chi connectivity index (χ4n) is 4.71. The first-order valence-corrected chi connectivity index (χ1v) is 7.74. The topological polar surface area (TPSA) is 38.5 Å². The van der Waals surface area contributed by atoms with E-state index in [0.29, 0.717) is 6.04 Å². The lowest BCUT2D eigenvalue weighted by Crippen LogP contribution is -2.46. The molecular formula is C15H28N2O. The lowest BCUT2D eigenvalue weighted by atomic mass is 9.84. The zero-order chi connectivity index (χ0) is 12.5. The minimum absolute atomic E-state index is 0.492. The number of fused-ring (bicyclic) bond motifs is 2. The lowest BCUT2D eigenvalue weighted by Gasteiger charge is -2.37. The predicted molar refractivity (Wildman–Crippen MR) is 73.3 cm³/mol. The summed E-state index contributed by atoms with van der Waals surface area (Å²) < 4.78 is 5.32. The second-order valence-corrected chi connectivity index (χ2v) is 6.80. The maximum Gasteiger partial charge on any atom is 0.0502 e. The number of ether oxygens (including phenoxy) is 1. The van der Waals surface area contributed by atoms with E-state index in [0.717, 1.165) is 30.3 Å². The Labute approximate surface area is 111 Å². The van der Waals surface area contributed by atoms with E-state index in [1.807, 2.05) is 7.11 Å². The molecule has 0 spiro atoms. The van der Waals surface area contributed by atoms with E-state index in [1.165, 1.54) is 51.7 Å². The van der Waals surface area contributed by atoms with E-state index in [9.17, 15) is 0 Å². The van der Waals surface area contributed by atoms with E-state index < -0.39 is 0 Å². The average Bonchev–Trinajstić information content (AvgIpc) is 2.94. The second kappa shape index (κ2) is 5.48. The Kier molecular flexibility index (Phi) is 3.92. The molecule has 1 heterocycles. The van der Waals surface area contributed by atoms with Crippen LogP contribution in [0.5, 0.6) is 0 Å². The van der Waals surface area contributed by atoms with E-state index in [-0.39, 0.29) is 0 Å². The van der Waals surface area contributed by atoms with Crippen LogP contribution >= 0.6 is 0 Å². The molecule has 2 bridgehead atoms. The zero-order valence-corrected chi connectivity index (χ0v) is 11.7. The van der Waals surface area contributed by atoms with Crippen molar-refractivity contribution in [2.24, 2.45) is 29.4 Å². The molecule has 1 aliphatic heterocycles. The van der Waals surface area contributed by atoms with Gasteiger partial charge in [0.1, 0.15) is 0 Å². The Morgan fingerprint density at radius 3 is 2.78 bits per heavy atom. The molecule has 5 atom stereocenters. The number of nitrogens with zero attached hydrogens (tertiary/aromatic N) is 1. The molecule has 3 fully saturated rings. The van der Waals surface area contributed by atoms with Crippen LogP contribution in [0.4, 0.5) is 0 Å². The Hall–Kier alpha value is -0.120. The van der Waals surface area contributed by atoms with Crippen LogP contribution in [-0.4, -0.2) is 44.3 Å². The third kappa shape index (κ3) is 2.45. The van der Waals surface area contributed by atoms with E-state index >= 15 is 0 Å². The first kappa shape index (κ1) is 12.9. The van der Waals surface area contributed by atoms with Gasteiger partial charge in [-0.3, -0.25) is 0 Å². The summed E-state index contributed by atoms with van der Waals surface area (Å²) in [5.41, 5.74) is 6.42. The highest BCUT2D eigenvalue weighted by Gasteiger charge is 2.46. The normalized spacial score (nSPS) is 44.7. The van der Waals surface area contributed by atoms with Gasteiger partial charge in [-0.1, -0.05) is 0 Å². The van der Waals surface area contributed by atoms with Crippen molar-refractivity contribution in [2.75, 3.05) is 33.4 Å². The molecule has 2 N–H and O–H groups in total. The molecule has 0 aromatic carbocycles. The first-order valence-electron chi connectivity index (χ1n) is 7.74. The summed E-state index contributed by atoms with van der Waals surface area (Å²) in [7, 11) is 1.82. The van der Waals surface area contributed by atoms with Crippen molar-refractivity contribution in [3.63, 3.8) is 0 Å². The number of hydrogen-bond acceptors (Lipinski definition) is 3. The van der Waals surface area contributed by atoms with Gasteiger partial charge < -0.3 is 15.4 Å². The number of piperidine rings is 1. The molecule has 5 unspecified atom stereocenters. The van der Waals surface area contributed by atoms with Crippen molar-refractivity contribution in [3.8, 4) is 0 Å². The minimum atomic E-state index is 0.492. The Morgan fingerprint density at radius 1 is 1.22 bits per heavy atom. The molecule has 18 heavy (non-hydrogen) atoms. The van der Waals surface area contributed by atoms with E-state index in [4.69, 9.17) is 10.5 Å². The highest BCUT2D eigenvalue weighted by molar-refractivity contribution is 5.00. The molecule has 2 aliphatic carbocycles. The van der Waals surface area contributed by atoms with Crippen molar-refractivity contribution in [3.05, 3.63) is 0 Å². The summed E-state index contributed by atoms with van der Waals surface area (Å²) in [5, 5.41) is 0. The second-order valence-electron chi connectivity index (χ2n) is 6.80. The van der Waals surface area contributed by atoms with Gasteiger partial charge in [0.2, 0.25) is 0 Å². The first-order chi connectivity index (χ1) is 8.78. The van der Waals surface area contributed by atoms with Crippen LogP contribution < -0.4 is 5.73 Å². The SMILES string of the molecule is COCC1CCCN(CC2C3CCC(C3)C2N)C1. The third-order valence-electron chi connectivity index (χ3n) is 5.63. The predicted octanol–water partition coefficient (Wildman–Crippen LogP) is 1.72. The summed E-state index contributed by atoms with van der Waals surface area (Å²) >= 11 is 0. The quantitative estimate of drug-likeness (QED) is 0.828. The fraction of sp³-hybridized carbons (Fsp3) is 1.00. The minimum Gasteiger partial charge on any atom is -0.384 e. The maximum absolute atomic E-state index is 6.42. The monoisotopic (exact) mass is 252 g/mol. The summed E-state index contributed by atoms with van der Waals surface area (Å²) in [6, 6.07) is 0.492. The molecule has 0 amide bonds. The van der Waals surface area contributed by atoms with Gasteiger partial charge in [-0.05, 0) is 62.3 Å². The molecule has 104 valence electrons. The van der Waals surface area contributed by atoms with Crippen molar-refractivity contribution < 1.29 is 4.74 Å². The van der Waals surface area contributed by atoms with Crippen molar-refractivity contribution in [1.29, 1.82) is 0 Å². The number of hydrogen-bond donors (Lipinski definition) is 1. The summed E-state index contributed by atoms with van der Waals surface area (Å²) in [5.74, 6) is 3.32. The average molecular weight is 252 g/mol. The molecule has 3 nitrogen and oxygen atoms in total. The van der Waals surface area contributed by atoms with Gasteiger partial charge in [0.05, 0.1) is 6.61 Å². The van der Waals surface area contributed by atoms with Gasteiger partial charge in [0, 0.05) is 26.2 Å². The Balaban J connectivity index is 1.53. The molecule has 2 saturated carbocycles. The number of methoxy groups -OCH3 is 1. The van der Waals surface area contributed by atoms with Crippen molar-refractivity contribution in [2.45, 2.75) is 38.1 Å². The van der Waals surface area contributed by atoms with Gasteiger partial charge in [-0.2, -0.15) is 0 Å². The molecule has 3 rings (SSSR count). The molecular weight excluding hydrogens is 224 g/mol. The molecule has 3 heteroatoms. The maximum atomic E-state index is 6.42. The van der Waals surface area contributed by atoms with Crippen LogP contribution in [0.3, 0.4) is 0 Å². The fourth-order valence-corrected chi connectivity index (χ4v) is 4.71. The zero-order valence-electron chi connectivity index (χ0n) is 11.7. The standard InChI is InChI=1S/C15H28N2O/c1-18-10-11-3-2-6-17(8-11)9-14-12-4-5-13(7-12)15(14)16/h11-15H,2-10,16H2,1H3. The molecule has 0 aromatic heterocycles. The van der Waals surface area contributed by atoms with Crippen LogP contribution in [0, 0.1) is 23.7 Å². The summed E-state index contributed by atoms with van der Waals surface area (Å²) in [4.78, 5) is 2.67. The van der Waals surface area contributed by atoms with Crippen LogP contribution in [0.15, 0.2) is 0 Å². The molecule has 0 aromatic rings. The third-order valence-corrected chi connectivity index (χ3v) is 5.63. The van der Waals surface area contributed by atoms with Crippen LogP contribution in [0.2, 0.25) is 0 Å². The van der Waals surface area contributed by atoms with Gasteiger partial charge in [-0.15, -0.1) is 0 Å². The number of rotatable bonds is 4. The van der Waals surface area contributed by atoms with Crippen LogP contribution in [0.25, 0.3) is 0 Å². The van der Waals surface area contributed by atoms with Gasteiger partial charge in [-0.25, -0.2) is 0 Å². The van der Waals surface area contributed by atoms with E-state index in [2.05, 4.69) is 4.90 Å². The molecule has 0 radical (unpaired) electrons. The lowest BCUT2D eigenvalue weighted by molar-refractivity contribution is 0.0735. The van der Waals surface area contributed by atoms with Crippen molar-refractivity contribution in [1.82, 2.24) is 4.90 Å². The molecule has 3 aliphatic rings. The van der Waals surface area contributed by atoms with E-state index in [1.54, 1.807) is 0 Å². The Morgan fingerprint density at radius 2 is 2.06 bits per heavy atom. The van der Waals surface area contributed by atoms with Gasteiger partial charge in [0.25, 0.3) is 0 Å². The summed E-state index contributed by atoms with van der Waals surface area (Å²) in [6.45, 7) is 4.69. The largest absolute Gasteiger partial charge is 0.384 e. The Bertz CT molecular complexity index is 280. The van der Waals surface area contributed by atoms with Crippen LogP contribution in [-0.2, 0) is 4.74 Å². The highest BCUT2D eigenvalue weighted by atomic mass is 16.5. The smallest absolute Gasteiger partial charge is 0.0502 e. The number of nitrogens with two attached hydrogens (primary N) is 1. The van der Waals surface area contributed by atoms with Crippen molar-refractivity contribution >= 4 is 0 Å². The van der Waals surface area contributed by atoms with Crippen LogP contribution in [0.1, 0.15) is 32.1 Å². The van der Waals surface area contributed by atoms with Gasteiger partial charge in [0.15, 0.2) is 0 Å². The molecule has 1 saturated heterocycles. The highest BCUT2D eigenvalue weighted by Crippen LogP contribution is 2.47. The van der Waals surface area contributed by atoms with Gasteiger partial charge >= 0.3 is 0 Å².